The molecular formula is C16H31NO. The summed E-state index contributed by atoms with van der Waals surface area (Å²) in [5.41, 5.74) is 6.45. The van der Waals surface area contributed by atoms with Crippen molar-refractivity contribution in [1.29, 1.82) is 0 Å². The highest BCUT2D eigenvalue weighted by atomic mass is 16.5. The zero-order valence-corrected chi connectivity index (χ0v) is 12.1. The lowest BCUT2D eigenvalue weighted by atomic mass is 9.75. The molecule has 1 heterocycles. The third-order valence-electron chi connectivity index (χ3n) is 4.99. The Kier molecular flexibility index (Phi) is 5.50. The number of nitrogens with two attached hydrogens (primary N) is 1. The number of hydrogen-bond donors (Lipinski definition) is 1. The molecule has 2 fully saturated rings. The van der Waals surface area contributed by atoms with E-state index in [4.69, 9.17) is 10.5 Å². The van der Waals surface area contributed by atoms with Gasteiger partial charge in [0.05, 0.1) is 6.10 Å². The Morgan fingerprint density at radius 1 is 1.11 bits per heavy atom. The summed E-state index contributed by atoms with van der Waals surface area (Å²) in [6.07, 6.45) is 14.1. The normalized spacial score (nSPS) is 32.0. The number of unbranched alkanes of at least 4 members (excludes halogenated alkanes) is 5. The first-order valence-electron chi connectivity index (χ1n) is 8.14. The molecule has 0 aromatic heterocycles. The van der Waals surface area contributed by atoms with Crippen LogP contribution in [0.15, 0.2) is 0 Å². The van der Waals surface area contributed by atoms with E-state index >= 15 is 0 Å². The van der Waals surface area contributed by atoms with Crippen LogP contribution in [0.2, 0.25) is 0 Å². The Bertz CT molecular complexity index is 239. The summed E-state index contributed by atoms with van der Waals surface area (Å²) in [6, 6.07) is 0. The highest BCUT2D eigenvalue weighted by molar-refractivity contribution is 4.99. The highest BCUT2D eigenvalue weighted by Crippen LogP contribution is 2.49. The van der Waals surface area contributed by atoms with Gasteiger partial charge in [-0.3, -0.25) is 0 Å². The number of hydrogen-bond acceptors (Lipinski definition) is 2. The summed E-state index contributed by atoms with van der Waals surface area (Å²) in [5, 5.41) is 0. The molecule has 1 aliphatic heterocycles. The molecule has 2 nitrogen and oxygen atoms in total. The third-order valence-corrected chi connectivity index (χ3v) is 4.99. The molecule has 106 valence electrons. The zero-order chi connectivity index (χ0) is 12.8. The van der Waals surface area contributed by atoms with Crippen LogP contribution in [0.1, 0.15) is 71.1 Å². The van der Waals surface area contributed by atoms with Crippen LogP contribution in [-0.4, -0.2) is 19.3 Å². The van der Waals surface area contributed by atoms with E-state index in [1.807, 2.05) is 0 Å². The first-order chi connectivity index (χ1) is 8.82. The summed E-state index contributed by atoms with van der Waals surface area (Å²) >= 11 is 0. The fourth-order valence-electron chi connectivity index (χ4n) is 3.59. The Balaban J connectivity index is 1.70. The van der Waals surface area contributed by atoms with Gasteiger partial charge in [0, 0.05) is 18.6 Å². The molecule has 2 N–H and O–H groups in total. The van der Waals surface area contributed by atoms with Crippen LogP contribution in [0.4, 0.5) is 0 Å². The molecule has 0 amide bonds. The lowest BCUT2D eigenvalue weighted by Crippen LogP contribution is -2.39. The van der Waals surface area contributed by atoms with Gasteiger partial charge < -0.3 is 10.5 Å². The van der Waals surface area contributed by atoms with Crippen LogP contribution < -0.4 is 5.73 Å². The fraction of sp³-hybridized carbons (Fsp3) is 1.00. The predicted molar refractivity (Wildman–Crippen MR) is 76.6 cm³/mol. The molecule has 2 aliphatic rings. The predicted octanol–water partition coefficient (Wildman–Crippen LogP) is 3.88. The third kappa shape index (κ3) is 3.48. The largest absolute Gasteiger partial charge is 0.377 e. The molecule has 1 saturated heterocycles. The SMILES string of the molecule is CCCCCCCCC1(CN)CCOC1C1CC1. The Hall–Kier alpha value is -0.0800. The quantitative estimate of drug-likeness (QED) is 0.633. The van der Waals surface area contributed by atoms with Gasteiger partial charge in [0.25, 0.3) is 0 Å². The Labute approximate surface area is 113 Å². The topological polar surface area (TPSA) is 35.2 Å². The molecule has 2 rings (SSSR count). The van der Waals surface area contributed by atoms with Gasteiger partial charge in [-0.15, -0.1) is 0 Å². The van der Waals surface area contributed by atoms with Crippen molar-refractivity contribution in [2.24, 2.45) is 17.1 Å². The smallest absolute Gasteiger partial charge is 0.0672 e. The van der Waals surface area contributed by atoms with E-state index in [-0.39, 0.29) is 0 Å². The van der Waals surface area contributed by atoms with E-state index < -0.39 is 0 Å². The molecule has 0 aromatic carbocycles. The Morgan fingerprint density at radius 3 is 2.50 bits per heavy atom. The van der Waals surface area contributed by atoms with Crippen LogP contribution in [-0.2, 0) is 4.74 Å². The summed E-state index contributed by atoms with van der Waals surface area (Å²) in [7, 11) is 0. The molecule has 1 saturated carbocycles. The second-order valence-corrected chi connectivity index (χ2v) is 6.46. The van der Waals surface area contributed by atoms with Crippen LogP contribution >= 0.6 is 0 Å². The molecular weight excluding hydrogens is 222 g/mol. The van der Waals surface area contributed by atoms with E-state index in [9.17, 15) is 0 Å². The summed E-state index contributed by atoms with van der Waals surface area (Å²) < 4.78 is 6.00. The van der Waals surface area contributed by atoms with Crippen molar-refractivity contribution < 1.29 is 4.74 Å². The summed E-state index contributed by atoms with van der Waals surface area (Å²) in [5.74, 6) is 0.844. The molecule has 0 aromatic rings. The first-order valence-corrected chi connectivity index (χ1v) is 8.14. The molecule has 2 heteroatoms. The molecule has 0 radical (unpaired) electrons. The number of rotatable bonds is 9. The fourth-order valence-corrected chi connectivity index (χ4v) is 3.59. The minimum absolute atomic E-state index is 0.339. The van der Waals surface area contributed by atoms with Gasteiger partial charge in [0.15, 0.2) is 0 Å². The zero-order valence-electron chi connectivity index (χ0n) is 12.1. The lowest BCUT2D eigenvalue weighted by Gasteiger charge is -2.33. The Morgan fingerprint density at radius 2 is 1.83 bits per heavy atom. The van der Waals surface area contributed by atoms with Crippen molar-refractivity contribution in [3.8, 4) is 0 Å². The van der Waals surface area contributed by atoms with E-state index in [0.29, 0.717) is 11.5 Å². The van der Waals surface area contributed by atoms with Crippen molar-refractivity contribution in [2.45, 2.75) is 77.2 Å². The average Bonchev–Trinajstić information content (AvgIpc) is 3.15. The van der Waals surface area contributed by atoms with Crippen LogP contribution in [0.5, 0.6) is 0 Å². The molecule has 2 unspecified atom stereocenters. The van der Waals surface area contributed by atoms with Gasteiger partial charge in [-0.1, -0.05) is 45.4 Å². The monoisotopic (exact) mass is 253 g/mol. The van der Waals surface area contributed by atoms with Gasteiger partial charge in [0.1, 0.15) is 0 Å². The summed E-state index contributed by atoms with van der Waals surface area (Å²) in [4.78, 5) is 0. The maximum atomic E-state index is 6.11. The van der Waals surface area contributed by atoms with Gasteiger partial charge >= 0.3 is 0 Å². The minimum atomic E-state index is 0.339. The van der Waals surface area contributed by atoms with Crippen LogP contribution in [0.25, 0.3) is 0 Å². The molecule has 1 aliphatic carbocycles. The molecule has 2 atom stereocenters. The summed E-state index contributed by atoms with van der Waals surface area (Å²) in [6.45, 7) is 4.07. The maximum Gasteiger partial charge on any atom is 0.0672 e. The first kappa shape index (κ1) is 14.3. The molecule has 0 spiro atoms. The van der Waals surface area contributed by atoms with Crippen LogP contribution in [0, 0.1) is 11.3 Å². The second-order valence-electron chi connectivity index (χ2n) is 6.46. The van der Waals surface area contributed by atoms with E-state index in [2.05, 4.69) is 6.92 Å². The van der Waals surface area contributed by atoms with Crippen molar-refractivity contribution in [3.05, 3.63) is 0 Å². The maximum absolute atomic E-state index is 6.11. The van der Waals surface area contributed by atoms with Crippen molar-refractivity contribution in [2.75, 3.05) is 13.2 Å². The van der Waals surface area contributed by atoms with Crippen molar-refractivity contribution in [3.63, 3.8) is 0 Å². The lowest BCUT2D eigenvalue weighted by molar-refractivity contribution is 0.0293. The van der Waals surface area contributed by atoms with E-state index in [0.717, 1.165) is 19.1 Å². The second kappa shape index (κ2) is 6.91. The highest BCUT2D eigenvalue weighted by Gasteiger charge is 2.49. The average molecular weight is 253 g/mol. The van der Waals surface area contributed by atoms with Gasteiger partial charge in [-0.25, -0.2) is 0 Å². The molecule has 0 bridgehead atoms. The number of ether oxygens (including phenoxy) is 1. The van der Waals surface area contributed by atoms with Crippen LogP contribution in [0.3, 0.4) is 0 Å². The van der Waals surface area contributed by atoms with E-state index in [1.165, 1.54) is 64.2 Å². The standard InChI is InChI=1S/C16H31NO/c1-2-3-4-5-6-7-10-16(13-17)11-12-18-15(16)14-8-9-14/h14-15H,2-13,17H2,1H3. The van der Waals surface area contributed by atoms with Crippen molar-refractivity contribution in [1.82, 2.24) is 0 Å². The van der Waals surface area contributed by atoms with Gasteiger partial charge in [-0.05, 0) is 31.6 Å². The van der Waals surface area contributed by atoms with Gasteiger partial charge in [-0.2, -0.15) is 0 Å². The van der Waals surface area contributed by atoms with Crippen molar-refractivity contribution >= 4 is 0 Å². The van der Waals surface area contributed by atoms with E-state index in [1.54, 1.807) is 0 Å². The van der Waals surface area contributed by atoms with Gasteiger partial charge in [0.2, 0.25) is 0 Å². The minimum Gasteiger partial charge on any atom is -0.377 e. The molecule has 18 heavy (non-hydrogen) atoms.